The molecule has 0 bridgehead atoms. The summed E-state index contributed by atoms with van der Waals surface area (Å²) in [5, 5.41) is 10.2. The Balaban J connectivity index is 1.64. The highest BCUT2D eigenvalue weighted by molar-refractivity contribution is 9.10. The van der Waals surface area contributed by atoms with Crippen LogP contribution in [0.5, 0.6) is 5.75 Å². The molecule has 11 heteroatoms. The van der Waals surface area contributed by atoms with Crippen LogP contribution in [-0.4, -0.2) is 25.5 Å². The summed E-state index contributed by atoms with van der Waals surface area (Å²) < 4.78 is 46.3. The smallest absolute Gasteiger partial charge is 0.434 e. The maximum Gasteiger partial charge on any atom is 0.434 e. The number of aromatic nitrogens is 4. The maximum absolute atomic E-state index is 13.0. The van der Waals surface area contributed by atoms with Gasteiger partial charge in [0.05, 0.1) is 22.6 Å². The molecule has 0 unspecified atom stereocenters. The largest absolute Gasteiger partial charge is 0.471 e. The molecule has 0 radical (unpaired) electrons. The van der Waals surface area contributed by atoms with Gasteiger partial charge in [-0.1, -0.05) is 19.1 Å². The van der Waals surface area contributed by atoms with Gasteiger partial charge in [0, 0.05) is 7.05 Å². The van der Waals surface area contributed by atoms with Crippen molar-refractivity contribution in [1.29, 1.82) is 0 Å². The fourth-order valence-electron chi connectivity index (χ4n) is 2.60. The number of benzene rings is 1. The zero-order valence-electron chi connectivity index (χ0n) is 15.5. The fraction of sp³-hybridized carbons (Fsp3) is 0.278. The van der Waals surface area contributed by atoms with Gasteiger partial charge in [-0.2, -0.15) is 23.4 Å². The van der Waals surface area contributed by atoms with Crippen LogP contribution < -0.4 is 10.1 Å². The third kappa shape index (κ3) is 4.78. The van der Waals surface area contributed by atoms with Gasteiger partial charge < -0.3 is 10.1 Å². The second-order valence-electron chi connectivity index (χ2n) is 6.13. The van der Waals surface area contributed by atoms with E-state index in [4.69, 9.17) is 4.74 Å². The number of ether oxygens (including phenoxy) is 1. The van der Waals surface area contributed by atoms with Gasteiger partial charge in [0.15, 0.2) is 18.1 Å². The molecular weight excluding hydrogens is 455 g/mol. The molecule has 0 aliphatic heterocycles. The fourth-order valence-corrected chi connectivity index (χ4v) is 3.34. The summed E-state index contributed by atoms with van der Waals surface area (Å²) >= 11 is 2.81. The SMILES string of the molecule is CCc1ccc(OCn2cc(NC(=O)c3nn(C)c(C(F)(F)F)c3Br)cn2)cc1. The summed E-state index contributed by atoms with van der Waals surface area (Å²) in [7, 11) is 1.12. The quantitative estimate of drug-likeness (QED) is 0.583. The summed E-state index contributed by atoms with van der Waals surface area (Å²) in [6.07, 6.45) is -0.848. The van der Waals surface area contributed by atoms with Gasteiger partial charge in [-0.25, -0.2) is 4.68 Å². The number of nitrogens with zero attached hydrogens (tertiary/aromatic N) is 4. The Hall–Kier alpha value is -2.82. The monoisotopic (exact) mass is 471 g/mol. The highest BCUT2D eigenvalue weighted by atomic mass is 79.9. The molecule has 1 amide bonds. The molecule has 1 aromatic carbocycles. The molecule has 2 heterocycles. The lowest BCUT2D eigenvalue weighted by Crippen LogP contribution is -2.13. The molecule has 3 aromatic rings. The number of hydrogen-bond acceptors (Lipinski definition) is 4. The van der Waals surface area contributed by atoms with E-state index in [1.165, 1.54) is 22.6 Å². The summed E-state index contributed by atoms with van der Waals surface area (Å²) in [5.74, 6) is -0.126. The van der Waals surface area contributed by atoms with Crippen LogP contribution in [-0.2, 0) is 26.4 Å². The average molecular weight is 472 g/mol. The molecule has 0 spiro atoms. The Morgan fingerprint density at radius 1 is 1.28 bits per heavy atom. The van der Waals surface area contributed by atoms with Crippen molar-refractivity contribution in [3.8, 4) is 5.75 Å². The summed E-state index contributed by atoms with van der Waals surface area (Å²) in [6.45, 7) is 2.16. The number of hydrogen-bond donors (Lipinski definition) is 1. The number of carbonyl (C=O) groups excluding carboxylic acids is 1. The lowest BCUT2D eigenvalue weighted by atomic mass is 10.2. The summed E-state index contributed by atoms with van der Waals surface area (Å²) in [5.41, 5.74) is 0.0718. The molecule has 0 atom stereocenters. The Kier molecular flexibility index (Phi) is 5.96. The predicted molar refractivity (Wildman–Crippen MR) is 103 cm³/mol. The first-order valence-electron chi connectivity index (χ1n) is 8.54. The molecule has 0 aliphatic rings. The van der Waals surface area contributed by atoms with E-state index in [0.29, 0.717) is 16.1 Å². The predicted octanol–water partition coefficient (Wildman–Crippen LogP) is 4.25. The lowest BCUT2D eigenvalue weighted by molar-refractivity contribution is -0.144. The molecule has 154 valence electrons. The van der Waals surface area contributed by atoms with Crippen LogP contribution in [0.4, 0.5) is 18.9 Å². The summed E-state index contributed by atoms with van der Waals surface area (Å²) in [6, 6.07) is 7.62. The number of amides is 1. The molecule has 2 aromatic heterocycles. The van der Waals surface area contributed by atoms with Crippen molar-refractivity contribution in [3.63, 3.8) is 0 Å². The number of anilines is 1. The first kappa shape index (κ1) is 20.9. The number of rotatable bonds is 6. The topological polar surface area (TPSA) is 74.0 Å². The molecule has 29 heavy (non-hydrogen) atoms. The van der Waals surface area contributed by atoms with Crippen LogP contribution in [0.2, 0.25) is 0 Å². The Labute approximate surface area is 172 Å². The van der Waals surface area contributed by atoms with E-state index in [9.17, 15) is 18.0 Å². The van der Waals surface area contributed by atoms with Crippen molar-refractivity contribution < 1.29 is 22.7 Å². The number of alkyl halides is 3. The third-order valence-electron chi connectivity index (χ3n) is 4.06. The van der Waals surface area contributed by atoms with Crippen LogP contribution in [0.1, 0.15) is 28.7 Å². The van der Waals surface area contributed by atoms with Gasteiger partial charge in [-0.05, 0) is 40.0 Å². The first-order chi connectivity index (χ1) is 13.7. The second-order valence-corrected chi connectivity index (χ2v) is 6.92. The van der Waals surface area contributed by atoms with E-state index in [1.807, 2.05) is 24.3 Å². The Morgan fingerprint density at radius 2 is 1.97 bits per heavy atom. The first-order valence-corrected chi connectivity index (χ1v) is 9.33. The van der Waals surface area contributed by atoms with Gasteiger partial charge in [0.1, 0.15) is 5.75 Å². The van der Waals surface area contributed by atoms with Gasteiger partial charge in [-0.15, -0.1) is 0 Å². The Bertz CT molecular complexity index is 1010. The normalized spacial score (nSPS) is 11.5. The number of aryl methyl sites for hydroxylation is 2. The van der Waals surface area contributed by atoms with Gasteiger partial charge in [0.25, 0.3) is 5.91 Å². The third-order valence-corrected chi connectivity index (χ3v) is 4.81. The van der Waals surface area contributed by atoms with E-state index in [1.54, 1.807) is 0 Å². The van der Waals surface area contributed by atoms with E-state index in [0.717, 1.165) is 13.5 Å². The molecule has 0 fully saturated rings. The van der Waals surface area contributed by atoms with Crippen LogP contribution >= 0.6 is 15.9 Å². The van der Waals surface area contributed by atoms with Crippen LogP contribution in [0.25, 0.3) is 0 Å². The molecule has 0 saturated carbocycles. The van der Waals surface area contributed by atoms with Crippen molar-refractivity contribution in [2.75, 3.05) is 5.32 Å². The van der Waals surface area contributed by atoms with Gasteiger partial charge >= 0.3 is 6.18 Å². The second kappa shape index (κ2) is 8.27. The highest BCUT2D eigenvalue weighted by Crippen LogP contribution is 2.36. The van der Waals surface area contributed by atoms with Crippen LogP contribution in [0.15, 0.2) is 41.1 Å². The van der Waals surface area contributed by atoms with Crippen LogP contribution in [0, 0.1) is 0 Å². The molecular formula is C18H17BrF3N5O2. The number of carbonyl (C=O) groups is 1. The number of halogens is 4. The minimum atomic E-state index is -4.64. The van der Waals surface area contributed by atoms with Crippen molar-refractivity contribution >= 4 is 27.5 Å². The molecule has 0 aliphatic carbocycles. The highest BCUT2D eigenvalue weighted by Gasteiger charge is 2.39. The zero-order chi connectivity index (χ0) is 21.2. The van der Waals surface area contributed by atoms with Crippen molar-refractivity contribution in [3.05, 3.63) is 58.1 Å². The van der Waals surface area contributed by atoms with Gasteiger partial charge in [0.2, 0.25) is 0 Å². The minimum Gasteiger partial charge on any atom is -0.471 e. The number of nitrogens with one attached hydrogen (secondary N) is 1. The molecule has 0 saturated heterocycles. The zero-order valence-corrected chi connectivity index (χ0v) is 17.1. The molecule has 7 nitrogen and oxygen atoms in total. The molecule has 1 N–H and O–H groups in total. The Morgan fingerprint density at radius 3 is 2.55 bits per heavy atom. The average Bonchev–Trinajstić information content (AvgIpc) is 3.23. The van der Waals surface area contributed by atoms with E-state index in [-0.39, 0.29) is 12.4 Å². The van der Waals surface area contributed by atoms with Crippen molar-refractivity contribution in [2.45, 2.75) is 26.3 Å². The standard InChI is InChI=1S/C18H17BrF3N5O2/c1-3-11-4-6-13(7-5-11)29-10-27-9-12(8-23-27)24-17(28)15-14(19)16(18(20,21)22)26(2)25-15/h4-9H,3,10H2,1-2H3,(H,24,28). The van der Waals surface area contributed by atoms with Crippen molar-refractivity contribution in [1.82, 2.24) is 19.6 Å². The maximum atomic E-state index is 13.0. The van der Waals surface area contributed by atoms with Crippen molar-refractivity contribution in [2.24, 2.45) is 7.05 Å². The van der Waals surface area contributed by atoms with E-state index >= 15 is 0 Å². The summed E-state index contributed by atoms with van der Waals surface area (Å²) in [4.78, 5) is 12.3. The van der Waals surface area contributed by atoms with Gasteiger partial charge in [-0.3, -0.25) is 9.48 Å². The lowest BCUT2D eigenvalue weighted by Gasteiger charge is -2.06. The molecule has 3 rings (SSSR count). The van der Waals surface area contributed by atoms with Crippen LogP contribution in [0.3, 0.4) is 0 Å². The van der Waals surface area contributed by atoms with E-state index in [2.05, 4.69) is 38.4 Å². The van der Waals surface area contributed by atoms with E-state index < -0.39 is 22.3 Å². The minimum absolute atomic E-state index is 0.104.